The van der Waals surface area contributed by atoms with Crippen LogP contribution < -0.4 is 5.32 Å². The summed E-state index contributed by atoms with van der Waals surface area (Å²) in [4.78, 5) is 12.2. The molecule has 0 bridgehead atoms. The minimum absolute atomic E-state index is 0.0926. The van der Waals surface area contributed by atoms with Gasteiger partial charge in [-0.1, -0.05) is 50.5 Å². The molecular formula is C13H28N2OP2. The lowest BCUT2D eigenvalue weighted by molar-refractivity contribution is 0.0734. The van der Waals surface area contributed by atoms with Crippen LogP contribution in [0, 0.1) is 16.7 Å². The van der Waals surface area contributed by atoms with E-state index < -0.39 is 0 Å². The molecule has 0 radical (unpaired) electrons. The highest BCUT2D eigenvalue weighted by molar-refractivity contribution is 8.01. The predicted octanol–water partition coefficient (Wildman–Crippen LogP) is 3.86. The van der Waals surface area contributed by atoms with Crippen LogP contribution in [0.3, 0.4) is 0 Å². The van der Waals surface area contributed by atoms with Crippen LogP contribution in [-0.2, 0) is 0 Å². The maximum absolute atomic E-state index is 12.2. The summed E-state index contributed by atoms with van der Waals surface area (Å²) in [7, 11) is 3.16. The van der Waals surface area contributed by atoms with Crippen molar-refractivity contribution in [1.29, 1.82) is 0 Å². The zero-order chi connectivity index (χ0) is 14.1. The molecule has 0 aromatic carbocycles. The molecule has 0 aliphatic carbocycles. The molecule has 3 nitrogen and oxygen atoms in total. The van der Waals surface area contributed by atoms with Crippen molar-refractivity contribution in [3.05, 3.63) is 0 Å². The Morgan fingerprint density at radius 1 is 1.22 bits per heavy atom. The molecule has 1 N–H and O–H groups in total. The molecule has 1 saturated heterocycles. The van der Waals surface area contributed by atoms with Gasteiger partial charge in [0, 0.05) is 21.0 Å². The Morgan fingerprint density at radius 3 is 2.17 bits per heavy atom. The number of nitrogens with zero attached hydrogens (tertiary/aromatic N) is 1. The Balaban J connectivity index is 3.19. The summed E-state index contributed by atoms with van der Waals surface area (Å²) in [6.07, 6.45) is 1.06. The third kappa shape index (κ3) is 3.58. The third-order valence-electron chi connectivity index (χ3n) is 3.75. The highest BCUT2D eigenvalue weighted by Gasteiger charge is 2.44. The molecule has 1 fully saturated rings. The van der Waals surface area contributed by atoms with E-state index in [1.807, 2.05) is 4.67 Å². The van der Waals surface area contributed by atoms with Crippen LogP contribution in [0.2, 0.25) is 0 Å². The molecule has 1 rings (SSSR count). The first-order valence-electron chi connectivity index (χ1n) is 6.62. The molecule has 106 valence electrons. The number of rotatable bonds is 1. The van der Waals surface area contributed by atoms with E-state index in [-0.39, 0.29) is 22.9 Å². The maximum atomic E-state index is 12.2. The van der Waals surface area contributed by atoms with E-state index in [4.69, 9.17) is 0 Å². The first-order valence-corrected chi connectivity index (χ1v) is 9.38. The molecule has 4 unspecified atom stereocenters. The third-order valence-corrected chi connectivity index (χ3v) is 5.34. The summed E-state index contributed by atoms with van der Waals surface area (Å²) in [5.41, 5.74) is 0.315. The number of urea groups is 1. The van der Waals surface area contributed by atoms with Crippen LogP contribution in [0.5, 0.6) is 0 Å². The van der Waals surface area contributed by atoms with Gasteiger partial charge < -0.3 is 5.32 Å². The Hall–Kier alpha value is 0.130. The van der Waals surface area contributed by atoms with Crippen molar-refractivity contribution < 1.29 is 4.79 Å². The molecular weight excluding hydrogens is 262 g/mol. The van der Waals surface area contributed by atoms with E-state index in [2.05, 4.69) is 55.8 Å². The van der Waals surface area contributed by atoms with Crippen molar-refractivity contribution in [2.75, 3.05) is 6.54 Å². The molecule has 4 atom stereocenters. The summed E-state index contributed by atoms with van der Waals surface area (Å²) in [5.74, 6) is 0.518. The SMILES string of the molecule is CC(C)(C)C1CCNC(=O)N(PP)C1C(C)(C)C. The van der Waals surface area contributed by atoms with Gasteiger partial charge in [-0.2, -0.15) is 0 Å². The van der Waals surface area contributed by atoms with Crippen LogP contribution in [0.15, 0.2) is 0 Å². The first kappa shape index (κ1) is 16.2. The standard InChI is InChI=1S/C13H28N2OP2/c1-12(2,3)9-7-8-14-11(16)15(18-17)10(9)13(4,5)6/h9-10,18H,7-8,17H2,1-6H3,(H,14,16). The number of carbonyl (C=O) groups is 1. The lowest BCUT2D eigenvalue weighted by atomic mass is 9.67. The van der Waals surface area contributed by atoms with Crippen LogP contribution in [-0.4, -0.2) is 23.3 Å². The van der Waals surface area contributed by atoms with E-state index in [0.717, 1.165) is 13.0 Å². The van der Waals surface area contributed by atoms with Crippen molar-refractivity contribution >= 4 is 23.4 Å². The van der Waals surface area contributed by atoms with Crippen molar-refractivity contribution in [3.8, 4) is 0 Å². The van der Waals surface area contributed by atoms with Gasteiger partial charge >= 0.3 is 6.03 Å². The summed E-state index contributed by atoms with van der Waals surface area (Å²) in [6.45, 7) is 14.4. The van der Waals surface area contributed by atoms with Gasteiger partial charge in [-0.3, -0.25) is 4.67 Å². The number of hydrogen-bond donors (Lipinski definition) is 1. The molecule has 2 amide bonds. The quantitative estimate of drug-likeness (QED) is 0.731. The topological polar surface area (TPSA) is 32.3 Å². The van der Waals surface area contributed by atoms with Gasteiger partial charge in [0.2, 0.25) is 0 Å². The maximum Gasteiger partial charge on any atom is 0.321 e. The molecule has 5 heteroatoms. The second-order valence-electron chi connectivity index (χ2n) is 7.30. The molecule has 0 aromatic heterocycles. The van der Waals surface area contributed by atoms with E-state index in [1.165, 1.54) is 0 Å². The van der Waals surface area contributed by atoms with Gasteiger partial charge in [0.15, 0.2) is 0 Å². The fraction of sp³-hybridized carbons (Fsp3) is 0.923. The van der Waals surface area contributed by atoms with Crippen LogP contribution >= 0.6 is 17.3 Å². The Bertz CT molecular complexity index is 307. The fourth-order valence-electron chi connectivity index (χ4n) is 2.92. The van der Waals surface area contributed by atoms with Crippen LogP contribution in [0.1, 0.15) is 48.0 Å². The second kappa shape index (κ2) is 5.63. The minimum atomic E-state index is 0.0926. The molecule has 1 aliphatic rings. The normalized spacial score (nSPS) is 27.5. The zero-order valence-electron chi connectivity index (χ0n) is 12.5. The van der Waals surface area contributed by atoms with Crippen molar-refractivity contribution in [2.24, 2.45) is 16.7 Å². The highest BCUT2D eigenvalue weighted by Crippen LogP contribution is 2.47. The Labute approximate surface area is 116 Å². The molecule has 1 aliphatic heterocycles. The smallest absolute Gasteiger partial charge is 0.321 e. The first-order chi connectivity index (χ1) is 8.09. The van der Waals surface area contributed by atoms with E-state index in [0.29, 0.717) is 14.3 Å². The Kier molecular flexibility index (Phi) is 5.06. The Morgan fingerprint density at radius 2 is 1.78 bits per heavy atom. The second-order valence-corrected chi connectivity index (χ2v) is 8.82. The average molecular weight is 290 g/mol. The average Bonchev–Trinajstić information content (AvgIpc) is 2.34. The fourth-order valence-corrected chi connectivity index (χ4v) is 4.68. The minimum Gasteiger partial charge on any atom is -0.338 e. The van der Waals surface area contributed by atoms with E-state index in [9.17, 15) is 4.79 Å². The number of amides is 2. The van der Waals surface area contributed by atoms with Gasteiger partial charge in [0.05, 0.1) is 0 Å². The molecule has 0 spiro atoms. The van der Waals surface area contributed by atoms with Gasteiger partial charge in [-0.05, 0) is 23.2 Å². The largest absolute Gasteiger partial charge is 0.338 e. The van der Waals surface area contributed by atoms with E-state index in [1.54, 1.807) is 0 Å². The lowest BCUT2D eigenvalue weighted by Crippen LogP contribution is -2.50. The van der Waals surface area contributed by atoms with Crippen molar-refractivity contribution in [1.82, 2.24) is 9.99 Å². The van der Waals surface area contributed by atoms with Gasteiger partial charge in [0.25, 0.3) is 0 Å². The van der Waals surface area contributed by atoms with Gasteiger partial charge in [0.1, 0.15) is 0 Å². The number of carbonyl (C=O) groups excluding carboxylic acids is 1. The number of hydrogen-bond acceptors (Lipinski definition) is 1. The lowest BCUT2D eigenvalue weighted by Gasteiger charge is -2.47. The summed E-state index contributed by atoms with van der Waals surface area (Å²) in [5, 5.41) is 3.03. The monoisotopic (exact) mass is 290 g/mol. The highest BCUT2D eigenvalue weighted by atomic mass is 32.0. The molecule has 18 heavy (non-hydrogen) atoms. The van der Waals surface area contributed by atoms with Gasteiger partial charge in [-0.25, -0.2) is 4.79 Å². The summed E-state index contributed by atoms with van der Waals surface area (Å²) in [6, 6.07) is 0.380. The molecule has 0 aromatic rings. The number of nitrogens with one attached hydrogen (secondary N) is 1. The van der Waals surface area contributed by atoms with Crippen molar-refractivity contribution in [2.45, 2.75) is 54.0 Å². The summed E-state index contributed by atoms with van der Waals surface area (Å²) < 4.78 is 2.02. The van der Waals surface area contributed by atoms with Crippen LogP contribution in [0.4, 0.5) is 4.79 Å². The summed E-state index contributed by atoms with van der Waals surface area (Å²) >= 11 is 0. The molecule has 0 saturated carbocycles. The van der Waals surface area contributed by atoms with Crippen LogP contribution in [0.25, 0.3) is 0 Å². The molecule has 1 heterocycles. The van der Waals surface area contributed by atoms with Gasteiger partial charge in [-0.15, -0.1) is 0 Å². The van der Waals surface area contributed by atoms with E-state index >= 15 is 0 Å². The van der Waals surface area contributed by atoms with Crippen molar-refractivity contribution in [3.63, 3.8) is 0 Å². The zero-order valence-corrected chi connectivity index (χ0v) is 14.7. The predicted molar refractivity (Wildman–Crippen MR) is 84.1 cm³/mol.